The van der Waals surface area contributed by atoms with E-state index in [2.05, 4.69) is 24.4 Å². The van der Waals surface area contributed by atoms with Crippen molar-refractivity contribution in [2.75, 3.05) is 7.11 Å². The van der Waals surface area contributed by atoms with Crippen LogP contribution >= 0.6 is 0 Å². The molecular formula is C22H44O4Si. The molecule has 0 aliphatic heterocycles. The van der Waals surface area contributed by atoms with Gasteiger partial charge in [-0.1, -0.05) is 77.0 Å². The van der Waals surface area contributed by atoms with Crippen molar-refractivity contribution in [2.24, 2.45) is 0 Å². The van der Waals surface area contributed by atoms with Gasteiger partial charge in [0.25, 0.3) is 5.97 Å². The van der Waals surface area contributed by atoms with Crippen LogP contribution in [0, 0.1) is 0 Å². The van der Waals surface area contributed by atoms with E-state index in [1.165, 1.54) is 71.3 Å². The summed E-state index contributed by atoms with van der Waals surface area (Å²) < 4.78 is 10.1. The molecule has 160 valence electrons. The van der Waals surface area contributed by atoms with E-state index in [-0.39, 0.29) is 11.9 Å². The molecule has 0 saturated carbocycles. The molecule has 0 aromatic carbocycles. The van der Waals surface area contributed by atoms with Crippen molar-refractivity contribution < 1.29 is 18.8 Å². The van der Waals surface area contributed by atoms with Crippen LogP contribution in [0.5, 0.6) is 0 Å². The van der Waals surface area contributed by atoms with E-state index in [0.717, 1.165) is 25.7 Å². The maximum absolute atomic E-state index is 11.6. The second-order valence-electron chi connectivity index (χ2n) is 8.61. The fourth-order valence-electron chi connectivity index (χ4n) is 3.15. The normalized spacial score (nSPS) is 11.4. The quantitative estimate of drug-likeness (QED) is 0.144. The highest BCUT2D eigenvalue weighted by Gasteiger charge is 2.19. The minimum absolute atomic E-state index is 0.00219. The van der Waals surface area contributed by atoms with Crippen LogP contribution in [0.1, 0.15) is 103 Å². The number of rotatable bonds is 18. The first kappa shape index (κ1) is 26.2. The molecule has 0 amide bonds. The van der Waals surface area contributed by atoms with Crippen molar-refractivity contribution in [1.82, 2.24) is 0 Å². The minimum atomic E-state index is -1.70. The van der Waals surface area contributed by atoms with E-state index < -0.39 is 8.32 Å². The smallest absolute Gasteiger partial charge is 0.305 e. The predicted octanol–water partition coefficient (Wildman–Crippen LogP) is 6.78. The third-order valence-electron chi connectivity index (χ3n) is 4.66. The van der Waals surface area contributed by atoms with Gasteiger partial charge in [0.2, 0.25) is 8.32 Å². The zero-order valence-electron chi connectivity index (χ0n) is 18.4. The molecule has 4 nitrogen and oxygen atoms in total. The largest absolute Gasteiger partial charge is 0.520 e. The molecule has 0 aromatic heterocycles. The maximum Gasteiger partial charge on any atom is 0.305 e. The van der Waals surface area contributed by atoms with Crippen molar-refractivity contribution in [3.63, 3.8) is 0 Å². The molecule has 0 spiro atoms. The summed E-state index contributed by atoms with van der Waals surface area (Å²) in [5.74, 6) is -0.0860. The van der Waals surface area contributed by atoms with Gasteiger partial charge in [-0.25, -0.2) is 0 Å². The Kier molecular flexibility index (Phi) is 16.7. The molecule has 0 heterocycles. The summed E-state index contributed by atoms with van der Waals surface area (Å²) in [5, 5.41) is 0. The minimum Gasteiger partial charge on any atom is -0.520 e. The second-order valence-corrected chi connectivity index (χ2v) is 13.0. The Morgan fingerprint density at radius 1 is 0.556 bits per heavy atom. The van der Waals surface area contributed by atoms with Gasteiger partial charge in [-0.15, -0.1) is 0 Å². The topological polar surface area (TPSA) is 52.6 Å². The first-order valence-electron chi connectivity index (χ1n) is 11.1. The summed E-state index contributed by atoms with van der Waals surface area (Å²) in [6.07, 6.45) is 18.5. The highest BCUT2D eigenvalue weighted by atomic mass is 28.4. The van der Waals surface area contributed by atoms with E-state index in [4.69, 9.17) is 4.43 Å². The lowest BCUT2D eigenvalue weighted by Gasteiger charge is -2.17. The van der Waals surface area contributed by atoms with Gasteiger partial charge in [-0.3, -0.25) is 9.59 Å². The first-order chi connectivity index (χ1) is 12.8. The molecule has 27 heavy (non-hydrogen) atoms. The SMILES string of the molecule is COC(=O)CCCCCCCCCCCCCCCCC(=O)O[Si](C)(C)C. The van der Waals surface area contributed by atoms with Crippen molar-refractivity contribution in [3.8, 4) is 0 Å². The number of carbonyl (C=O) groups is 2. The van der Waals surface area contributed by atoms with E-state index in [0.29, 0.717) is 12.8 Å². The summed E-state index contributed by atoms with van der Waals surface area (Å²) in [6, 6.07) is 0. The number of hydrogen-bond donors (Lipinski definition) is 0. The number of hydrogen-bond acceptors (Lipinski definition) is 4. The van der Waals surface area contributed by atoms with Crippen LogP contribution in [0.3, 0.4) is 0 Å². The second kappa shape index (κ2) is 17.3. The molecule has 0 aliphatic rings. The Labute approximate surface area is 168 Å². The van der Waals surface area contributed by atoms with Gasteiger partial charge in [0.1, 0.15) is 0 Å². The van der Waals surface area contributed by atoms with Gasteiger partial charge in [-0.05, 0) is 32.5 Å². The van der Waals surface area contributed by atoms with Gasteiger partial charge in [0.05, 0.1) is 7.11 Å². The molecule has 0 aromatic rings. The monoisotopic (exact) mass is 400 g/mol. The molecule has 0 fully saturated rings. The zero-order valence-corrected chi connectivity index (χ0v) is 19.4. The molecule has 0 atom stereocenters. The lowest BCUT2D eigenvalue weighted by molar-refractivity contribution is -0.140. The van der Waals surface area contributed by atoms with E-state index in [1.807, 2.05) is 0 Å². The van der Waals surface area contributed by atoms with Crippen LogP contribution in [-0.4, -0.2) is 27.4 Å². The van der Waals surface area contributed by atoms with Crippen LogP contribution < -0.4 is 0 Å². The average molecular weight is 401 g/mol. The van der Waals surface area contributed by atoms with Gasteiger partial charge in [-0.2, -0.15) is 0 Å². The maximum atomic E-state index is 11.6. The van der Waals surface area contributed by atoms with Gasteiger partial charge >= 0.3 is 5.97 Å². The predicted molar refractivity (Wildman–Crippen MR) is 115 cm³/mol. The molecule has 5 heteroatoms. The van der Waals surface area contributed by atoms with Gasteiger partial charge in [0, 0.05) is 12.8 Å². The summed E-state index contributed by atoms with van der Waals surface area (Å²) >= 11 is 0. The molecule has 0 N–H and O–H groups in total. The lowest BCUT2D eigenvalue weighted by Crippen LogP contribution is -2.28. The third kappa shape index (κ3) is 21.3. The Morgan fingerprint density at radius 2 is 0.852 bits per heavy atom. The van der Waals surface area contributed by atoms with Crippen LogP contribution in [0.4, 0.5) is 0 Å². The van der Waals surface area contributed by atoms with Gasteiger partial charge in [0.15, 0.2) is 0 Å². The fraction of sp³-hybridized carbons (Fsp3) is 0.909. The average Bonchev–Trinajstić information content (AvgIpc) is 2.59. The molecule has 0 unspecified atom stereocenters. The molecule has 0 aliphatic carbocycles. The Bertz CT molecular complexity index is 377. The summed E-state index contributed by atoms with van der Waals surface area (Å²) in [7, 11) is -0.247. The summed E-state index contributed by atoms with van der Waals surface area (Å²) in [4.78, 5) is 22.6. The van der Waals surface area contributed by atoms with Crippen LogP contribution in [0.2, 0.25) is 19.6 Å². The number of esters is 1. The Balaban J connectivity index is 3.17. The molecule has 0 radical (unpaired) electrons. The Hall–Kier alpha value is -0.843. The molecule has 0 bridgehead atoms. The summed E-state index contributed by atoms with van der Waals surface area (Å²) in [5.41, 5.74) is 0. The van der Waals surface area contributed by atoms with E-state index in [1.54, 1.807) is 0 Å². The first-order valence-corrected chi connectivity index (χ1v) is 14.5. The number of methoxy groups -OCH3 is 1. The molecule has 0 rings (SSSR count). The van der Waals surface area contributed by atoms with Crippen LogP contribution in [0.15, 0.2) is 0 Å². The fourth-order valence-corrected chi connectivity index (χ4v) is 3.94. The highest BCUT2D eigenvalue weighted by Crippen LogP contribution is 2.14. The van der Waals surface area contributed by atoms with Gasteiger partial charge < -0.3 is 9.16 Å². The number of unbranched alkanes of at least 4 members (excludes halogenated alkanes) is 13. The standard InChI is InChI=1S/C22H44O4Si/c1-25-21(23)19-17-15-13-11-9-7-5-6-8-10-12-14-16-18-20-22(24)26-27(2,3)4/h5-20H2,1-4H3. The van der Waals surface area contributed by atoms with E-state index >= 15 is 0 Å². The highest BCUT2D eigenvalue weighted by molar-refractivity contribution is 6.71. The lowest BCUT2D eigenvalue weighted by atomic mass is 10.0. The number of ether oxygens (including phenoxy) is 1. The summed E-state index contributed by atoms with van der Waals surface area (Å²) in [6.45, 7) is 6.16. The Morgan fingerprint density at radius 3 is 1.15 bits per heavy atom. The van der Waals surface area contributed by atoms with Crippen LogP contribution in [0.25, 0.3) is 0 Å². The third-order valence-corrected chi connectivity index (χ3v) is 5.50. The van der Waals surface area contributed by atoms with Crippen molar-refractivity contribution in [2.45, 2.75) is 122 Å². The molecule has 0 saturated heterocycles. The van der Waals surface area contributed by atoms with Crippen LogP contribution in [-0.2, 0) is 18.8 Å². The zero-order chi connectivity index (χ0) is 20.4. The van der Waals surface area contributed by atoms with Crippen molar-refractivity contribution >= 4 is 20.3 Å². The molecular weight excluding hydrogens is 356 g/mol. The van der Waals surface area contributed by atoms with E-state index in [9.17, 15) is 9.59 Å². The van der Waals surface area contributed by atoms with Crippen molar-refractivity contribution in [1.29, 1.82) is 0 Å². The van der Waals surface area contributed by atoms with Crippen molar-refractivity contribution in [3.05, 3.63) is 0 Å². The number of carbonyl (C=O) groups excluding carboxylic acids is 2.